The summed E-state index contributed by atoms with van der Waals surface area (Å²) in [6.45, 7) is 4.72. The zero-order chi connectivity index (χ0) is 17.3. The van der Waals surface area contributed by atoms with Crippen LogP contribution in [0.25, 0.3) is 0 Å². The summed E-state index contributed by atoms with van der Waals surface area (Å²) in [5, 5.41) is 14.4. The number of nitro groups is 1. The topological polar surface area (TPSA) is 75.5 Å². The maximum Gasteiger partial charge on any atom is 0.306 e. The number of nitro benzene ring substituents is 1. The molecule has 0 bridgehead atoms. The lowest BCUT2D eigenvalue weighted by Crippen LogP contribution is -2.46. The highest BCUT2D eigenvalue weighted by atomic mass is 79.9. The largest absolute Gasteiger partial charge is 0.353 e. The fraction of sp³-hybridized carbons (Fsp3) is 0.471. The van der Waals surface area contributed by atoms with Crippen LogP contribution in [0, 0.1) is 22.0 Å². The Morgan fingerprint density at radius 2 is 2.29 bits per heavy atom. The minimum atomic E-state index is -0.383. The second kappa shape index (κ2) is 6.93. The van der Waals surface area contributed by atoms with E-state index in [0.717, 1.165) is 19.3 Å². The minimum absolute atomic E-state index is 0.0268. The molecule has 3 rings (SSSR count). The Balaban J connectivity index is 1.99. The third kappa shape index (κ3) is 2.92. The average molecular weight is 394 g/mol. The lowest BCUT2D eigenvalue weighted by molar-refractivity contribution is -0.384. The van der Waals surface area contributed by atoms with Crippen molar-refractivity contribution in [2.45, 2.75) is 25.3 Å². The molecule has 1 N–H and O–H groups in total. The predicted octanol–water partition coefficient (Wildman–Crippen LogP) is 3.26. The van der Waals surface area contributed by atoms with Gasteiger partial charge >= 0.3 is 5.69 Å². The van der Waals surface area contributed by atoms with Gasteiger partial charge in [0.25, 0.3) is 0 Å². The van der Waals surface area contributed by atoms with E-state index < -0.39 is 0 Å². The lowest BCUT2D eigenvalue weighted by atomic mass is 9.93. The molecule has 1 saturated carbocycles. The van der Waals surface area contributed by atoms with E-state index in [-0.39, 0.29) is 28.5 Å². The second-order valence-corrected chi connectivity index (χ2v) is 7.20. The Hall–Kier alpha value is -1.89. The first-order chi connectivity index (χ1) is 11.5. The molecule has 1 aliphatic carbocycles. The molecular formula is C17H20BrN3O3. The van der Waals surface area contributed by atoms with Crippen LogP contribution >= 0.6 is 15.9 Å². The van der Waals surface area contributed by atoms with Crippen molar-refractivity contribution in [3.05, 3.63) is 45.4 Å². The van der Waals surface area contributed by atoms with Gasteiger partial charge in [-0.1, -0.05) is 18.6 Å². The van der Waals surface area contributed by atoms with Crippen LogP contribution in [0.1, 0.15) is 19.3 Å². The summed E-state index contributed by atoms with van der Waals surface area (Å²) in [5.74, 6) is 0.607. The first-order valence-electron chi connectivity index (χ1n) is 8.12. The number of nitrogens with one attached hydrogen (secondary N) is 1. The van der Waals surface area contributed by atoms with Crippen molar-refractivity contribution >= 4 is 33.2 Å². The average Bonchev–Trinajstić information content (AvgIpc) is 3.12. The number of fused-ring (bicyclic) bond motifs is 1. The fourth-order valence-electron chi connectivity index (χ4n) is 4.08. The van der Waals surface area contributed by atoms with E-state index in [9.17, 15) is 14.9 Å². The van der Waals surface area contributed by atoms with E-state index in [2.05, 4.69) is 27.8 Å². The summed E-state index contributed by atoms with van der Waals surface area (Å²) >= 11 is 3.27. The molecule has 0 radical (unpaired) electrons. The van der Waals surface area contributed by atoms with Gasteiger partial charge in [0, 0.05) is 13.1 Å². The smallest absolute Gasteiger partial charge is 0.306 e. The molecule has 24 heavy (non-hydrogen) atoms. The third-order valence-electron chi connectivity index (χ3n) is 5.04. The SMILES string of the molecule is C=CCNC(=O)[C@@H]1[C@H]2CCC[C@H]2CN1c1cccc(Br)c1[N+](=O)[O-]. The number of hydrogen-bond donors (Lipinski definition) is 1. The van der Waals surface area contributed by atoms with Crippen molar-refractivity contribution in [3.63, 3.8) is 0 Å². The van der Waals surface area contributed by atoms with Gasteiger partial charge in [0.05, 0.1) is 9.40 Å². The number of para-hydroxylation sites is 1. The summed E-state index contributed by atoms with van der Waals surface area (Å²) in [6.07, 6.45) is 4.84. The number of carbonyl (C=O) groups is 1. The molecule has 1 aromatic rings. The van der Waals surface area contributed by atoms with Gasteiger partial charge in [-0.2, -0.15) is 0 Å². The van der Waals surface area contributed by atoms with Crippen LogP contribution in [0.5, 0.6) is 0 Å². The zero-order valence-corrected chi connectivity index (χ0v) is 14.9. The highest BCUT2D eigenvalue weighted by molar-refractivity contribution is 9.10. The maximum atomic E-state index is 12.7. The number of carbonyl (C=O) groups excluding carboxylic acids is 1. The molecular weight excluding hydrogens is 374 g/mol. The highest BCUT2D eigenvalue weighted by Gasteiger charge is 2.48. The molecule has 0 spiro atoms. The maximum absolute atomic E-state index is 12.7. The summed E-state index contributed by atoms with van der Waals surface area (Å²) in [5.41, 5.74) is 0.543. The Morgan fingerprint density at radius 1 is 1.50 bits per heavy atom. The molecule has 3 atom stereocenters. The molecule has 2 aliphatic rings. The van der Waals surface area contributed by atoms with E-state index in [4.69, 9.17) is 0 Å². The summed E-state index contributed by atoms with van der Waals surface area (Å²) < 4.78 is 0.437. The quantitative estimate of drug-likeness (QED) is 0.473. The molecule has 2 fully saturated rings. The van der Waals surface area contributed by atoms with E-state index in [1.165, 1.54) is 0 Å². The van der Waals surface area contributed by atoms with E-state index in [0.29, 0.717) is 29.2 Å². The summed E-state index contributed by atoms with van der Waals surface area (Å²) in [4.78, 5) is 25.8. The van der Waals surface area contributed by atoms with E-state index in [1.54, 1.807) is 24.3 Å². The van der Waals surface area contributed by atoms with Crippen molar-refractivity contribution in [2.75, 3.05) is 18.0 Å². The number of amides is 1. The second-order valence-electron chi connectivity index (χ2n) is 6.35. The van der Waals surface area contributed by atoms with Gasteiger partial charge in [0.2, 0.25) is 5.91 Å². The van der Waals surface area contributed by atoms with Gasteiger partial charge in [-0.25, -0.2) is 0 Å². The molecule has 1 saturated heterocycles. The summed E-state index contributed by atoms with van der Waals surface area (Å²) in [7, 11) is 0. The molecule has 7 heteroatoms. The monoisotopic (exact) mass is 393 g/mol. The number of rotatable bonds is 5. The predicted molar refractivity (Wildman–Crippen MR) is 96.0 cm³/mol. The standard InChI is InChI=1S/C17H20BrN3O3/c1-2-9-19-17(22)15-12-6-3-5-11(12)10-20(15)14-8-4-7-13(18)16(14)21(23)24/h2,4,7-8,11-12,15H,1,3,5-6,9-10H2,(H,19,22)/t11-,12-,15-/m0/s1. The molecule has 128 valence electrons. The van der Waals surface area contributed by atoms with Gasteiger partial charge in [-0.3, -0.25) is 14.9 Å². The van der Waals surface area contributed by atoms with Crippen LogP contribution in [0.15, 0.2) is 35.3 Å². The van der Waals surface area contributed by atoms with Crippen LogP contribution in [-0.4, -0.2) is 30.0 Å². The van der Waals surface area contributed by atoms with Gasteiger partial charge in [-0.05, 0) is 52.7 Å². The van der Waals surface area contributed by atoms with Crippen LogP contribution in [-0.2, 0) is 4.79 Å². The molecule has 0 aromatic heterocycles. The van der Waals surface area contributed by atoms with Crippen molar-refractivity contribution in [2.24, 2.45) is 11.8 Å². The molecule has 0 unspecified atom stereocenters. The number of benzene rings is 1. The normalized spacial score (nSPS) is 25.4. The number of nitrogens with zero attached hydrogens (tertiary/aromatic N) is 2. The zero-order valence-electron chi connectivity index (χ0n) is 13.3. The molecule has 1 heterocycles. The first kappa shape index (κ1) is 17.0. The van der Waals surface area contributed by atoms with Gasteiger partial charge in [-0.15, -0.1) is 6.58 Å². The minimum Gasteiger partial charge on any atom is -0.353 e. The lowest BCUT2D eigenvalue weighted by Gasteiger charge is -2.28. The third-order valence-corrected chi connectivity index (χ3v) is 5.68. The van der Waals surface area contributed by atoms with Crippen molar-refractivity contribution in [3.8, 4) is 0 Å². The van der Waals surface area contributed by atoms with Crippen molar-refractivity contribution < 1.29 is 9.72 Å². The first-order valence-corrected chi connectivity index (χ1v) is 8.92. The van der Waals surface area contributed by atoms with Crippen LogP contribution in [0.4, 0.5) is 11.4 Å². The molecule has 1 aromatic carbocycles. The Kier molecular flexibility index (Phi) is 4.89. The van der Waals surface area contributed by atoms with E-state index in [1.807, 2.05) is 4.90 Å². The van der Waals surface area contributed by atoms with Gasteiger partial charge in [0.15, 0.2) is 0 Å². The summed E-state index contributed by atoms with van der Waals surface area (Å²) in [6, 6.07) is 4.81. The molecule has 1 amide bonds. The number of halogens is 1. The molecule has 1 aliphatic heterocycles. The van der Waals surface area contributed by atoms with Crippen molar-refractivity contribution in [1.29, 1.82) is 0 Å². The van der Waals surface area contributed by atoms with Crippen LogP contribution in [0.2, 0.25) is 0 Å². The Morgan fingerprint density at radius 3 is 3.00 bits per heavy atom. The Labute approximate surface area is 149 Å². The highest BCUT2D eigenvalue weighted by Crippen LogP contribution is 2.47. The van der Waals surface area contributed by atoms with Gasteiger partial charge < -0.3 is 10.2 Å². The van der Waals surface area contributed by atoms with Crippen LogP contribution in [0.3, 0.4) is 0 Å². The van der Waals surface area contributed by atoms with Gasteiger partial charge in [0.1, 0.15) is 11.7 Å². The molecule has 6 nitrogen and oxygen atoms in total. The van der Waals surface area contributed by atoms with Crippen molar-refractivity contribution in [1.82, 2.24) is 5.32 Å². The number of hydrogen-bond acceptors (Lipinski definition) is 4. The Bertz CT molecular complexity index is 679. The van der Waals surface area contributed by atoms with Crippen LogP contribution < -0.4 is 10.2 Å². The van der Waals surface area contributed by atoms with E-state index >= 15 is 0 Å². The fourth-order valence-corrected chi connectivity index (χ4v) is 4.58. The number of anilines is 1.